The van der Waals surface area contributed by atoms with Crippen LogP contribution < -0.4 is 10.1 Å². The number of carbonyl (C=O) groups excluding carboxylic acids is 2. The Balaban J connectivity index is 1.68. The molecule has 0 aliphatic carbocycles. The molecule has 1 heterocycles. The van der Waals surface area contributed by atoms with Crippen LogP contribution in [0.5, 0.6) is 11.5 Å². The van der Waals surface area contributed by atoms with Gasteiger partial charge in [-0.1, -0.05) is 30.3 Å². The van der Waals surface area contributed by atoms with E-state index >= 15 is 0 Å². The minimum atomic E-state index is -0.232. The number of nitrogens with zero attached hydrogens (tertiary/aromatic N) is 1. The van der Waals surface area contributed by atoms with Crippen LogP contribution in [-0.4, -0.2) is 34.9 Å². The molecule has 2 aromatic carbocycles. The highest BCUT2D eigenvalue weighted by molar-refractivity contribution is 8.00. The molecule has 0 radical (unpaired) electrons. The summed E-state index contributed by atoms with van der Waals surface area (Å²) in [6, 6.07) is 16.6. The molecule has 1 aliphatic heterocycles. The lowest BCUT2D eigenvalue weighted by Crippen LogP contribution is -2.34. The summed E-state index contributed by atoms with van der Waals surface area (Å²) in [6.07, 6.45) is 0. The highest BCUT2D eigenvalue weighted by Crippen LogP contribution is 2.29. The maximum atomic E-state index is 12.1. The molecular weight excluding hydrogens is 312 g/mol. The number of anilines is 1. The zero-order valence-corrected chi connectivity index (χ0v) is 13.2. The van der Waals surface area contributed by atoms with Gasteiger partial charge in [-0.15, -0.1) is 11.8 Å². The quantitative estimate of drug-likeness (QED) is 0.917. The fraction of sp³-hybridized carbons (Fsp3) is 0.176. The third kappa shape index (κ3) is 4.04. The van der Waals surface area contributed by atoms with Crippen LogP contribution in [0, 0.1) is 0 Å². The van der Waals surface area contributed by atoms with Gasteiger partial charge in [0.2, 0.25) is 11.8 Å². The van der Waals surface area contributed by atoms with Crippen LogP contribution in [0.2, 0.25) is 0 Å². The van der Waals surface area contributed by atoms with Gasteiger partial charge in [-0.2, -0.15) is 0 Å². The topological polar surface area (TPSA) is 58.6 Å². The van der Waals surface area contributed by atoms with E-state index in [4.69, 9.17) is 4.74 Å². The molecule has 1 saturated heterocycles. The monoisotopic (exact) mass is 328 g/mol. The molecule has 6 heteroatoms. The molecule has 2 amide bonds. The van der Waals surface area contributed by atoms with E-state index in [2.05, 4.69) is 5.32 Å². The maximum absolute atomic E-state index is 12.1. The first-order valence-corrected chi connectivity index (χ1v) is 8.35. The van der Waals surface area contributed by atoms with Crippen molar-refractivity contribution in [3.63, 3.8) is 0 Å². The van der Waals surface area contributed by atoms with E-state index in [1.54, 1.807) is 17.0 Å². The van der Waals surface area contributed by atoms with Crippen LogP contribution in [0.25, 0.3) is 0 Å². The minimum absolute atomic E-state index is 0.000953. The minimum Gasteiger partial charge on any atom is -0.455 e. The Bertz CT molecular complexity index is 706. The molecular formula is C17H16N2O3S. The molecule has 5 nitrogen and oxygen atoms in total. The molecule has 2 aromatic rings. The van der Waals surface area contributed by atoms with Crippen molar-refractivity contribution in [2.45, 2.75) is 0 Å². The third-order valence-corrected chi connectivity index (χ3v) is 4.24. The van der Waals surface area contributed by atoms with Crippen molar-refractivity contribution in [3.05, 3.63) is 54.6 Å². The zero-order chi connectivity index (χ0) is 16.1. The first-order valence-electron chi connectivity index (χ1n) is 7.20. The van der Waals surface area contributed by atoms with Crippen molar-refractivity contribution in [2.24, 2.45) is 0 Å². The number of ether oxygens (including phenoxy) is 1. The van der Waals surface area contributed by atoms with Crippen LogP contribution in [0.15, 0.2) is 54.6 Å². The van der Waals surface area contributed by atoms with Gasteiger partial charge in [0.25, 0.3) is 0 Å². The first-order chi connectivity index (χ1) is 11.2. The molecule has 1 aliphatic rings. The summed E-state index contributed by atoms with van der Waals surface area (Å²) in [6.45, 7) is 0.0610. The Labute approximate surface area is 138 Å². The second-order valence-corrected chi connectivity index (χ2v) is 5.98. The van der Waals surface area contributed by atoms with Crippen LogP contribution >= 0.6 is 11.8 Å². The zero-order valence-electron chi connectivity index (χ0n) is 12.4. The Morgan fingerprint density at radius 3 is 2.61 bits per heavy atom. The van der Waals surface area contributed by atoms with Crippen molar-refractivity contribution in [1.29, 1.82) is 0 Å². The summed E-state index contributed by atoms with van der Waals surface area (Å²) < 4.78 is 5.80. The van der Waals surface area contributed by atoms with Gasteiger partial charge in [0.05, 0.1) is 17.3 Å². The number of thioether (sulfide) groups is 1. The Morgan fingerprint density at radius 2 is 1.87 bits per heavy atom. The van der Waals surface area contributed by atoms with Crippen LogP contribution in [-0.2, 0) is 9.59 Å². The van der Waals surface area contributed by atoms with E-state index in [1.165, 1.54) is 11.8 Å². The number of rotatable bonds is 5. The van der Waals surface area contributed by atoms with Crippen molar-refractivity contribution in [3.8, 4) is 11.5 Å². The van der Waals surface area contributed by atoms with Crippen LogP contribution in [0.4, 0.5) is 5.69 Å². The van der Waals surface area contributed by atoms with Gasteiger partial charge < -0.3 is 15.0 Å². The van der Waals surface area contributed by atoms with Gasteiger partial charge in [0.15, 0.2) is 5.75 Å². The average molecular weight is 328 g/mol. The van der Waals surface area contributed by atoms with Crippen molar-refractivity contribution < 1.29 is 14.3 Å². The Morgan fingerprint density at radius 1 is 1.13 bits per heavy atom. The SMILES string of the molecule is O=C(CN1CSCC1=O)Nc1ccccc1Oc1ccccc1. The van der Waals surface area contributed by atoms with E-state index in [0.717, 1.165) is 0 Å². The maximum Gasteiger partial charge on any atom is 0.244 e. The molecule has 1 N–H and O–H groups in total. The molecule has 0 aromatic heterocycles. The third-order valence-electron chi connectivity index (χ3n) is 3.29. The lowest BCUT2D eigenvalue weighted by molar-refractivity contribution is -0.130. The smallest absolute Gasteiger partial charge is 0.244 e. The van der Waals surface area contributed by atoms with Crippen molar-refractivity contribution >= 4 is 29.3 Å². The Hall–Kier alpha value is -2.47. The normalized spacial score (nSPS) is 13.9. The van der Waals surface area contributed by atoms with Crippen LogP contribution in [0.1, 0.15) is 0 Å². The number of benzene rings is 2. The molecule has 0 atom stereocenters. The molecule has 23 heavy (non-hydrogen) atoms. The fourth-order valence-corrected chi connectivity index (χ4v) is 3.08. The number of hydrogen-bond donors (Lipinski definition) is 1. The number of nitrogens with one attached hydrogen (secondary N) is 1. The molecule has 0 saturated carbocycles. The summed E-state index contributed by atoms with van der Waals surface area (Å²) in [5, 5.41) is 2.81. The molecule has 0 spiro atoms. The van der Waals surface area contributed by atoms with Crippen LogP contribution in [0.3, 0.4) is 0 Å². The first kappa shape index (κ1) is 15.4. The summed E-state index contributed by atoms with van der Waals surface area (Å²) in [5.74, 6) is 2.04. The van der Waals surface area contributed by atoms with E-state index in [0.29, 0.717) is 28.8 Å². The average Bonchev–Trinajstić information content (AvgIpc) is 2.95. The summed E-state index contributed by atoms with van der Waals surface area (Å²) in [4.78, 5) is 25.3. The fourth-order valence-electron chi connectivity index (χ4n) is 2.18. The number of hydrogen-bond acceptors (Lipinski definition) is 4. The number of para-hydroxylation sites is 3. The summed E-state index contributed by atoms with van der Waals surface area (Å²) in [5.41, 5.74) is 0.584. The van der Waals surface area contributed by atoms with Crippen molar-refractivity contribution in [1.82, 2.24) is 4.90 Å². The van der Waals surface area contributed by atoms with E-state index in [-0.39, 0.29) is 18.4 Å². The second kappa shape index (κ2) is 7.19. The molecule has 118 valence electrons. The van der Waals surface area contributed by atoms with Gasteiger partial charge in [-0.05, 0) is 24.3 Å². The highest BCUT2D eigenvalue weighted by Gasteiger charge is 2.23. The van der Waals surface area contributed by atoms with Gasteiger partial charge >= 0.3 is 0 Å². The number of amides is 2. The second-order valence-electron chi connectivity index (χ2n) is 5.03. The predicted molar refractivity (Wildman–Crippen MR) is 90.6 cm³/mol. The Kier molecular flexibility index (Phi) is 4.83. The molecule has 1 fully saturated rings. The van der Waals surface area contributed by atoms with Gasteiger partial charge in [0, 0.05) is 0 Å². The largest absolute Gasteiger partial charge is 0.455 e. The van der Waals surface area contributed by atoms with E-state index in [9.17, 15) is 9.59 Å². The predicted octanol–water partition coefficient (Wildman–Crippen LogP) is 2.95. The molecule has 0 bridgehead atoms. The summed E-state index contributed by atoms with van der Waals surface area (Å²) >= 11 is 1.52. The lowest BCUT2D eigenvalue weighted by atomic mass is 10.2. The van der Waals surface area contributed by atoms with E-state index in [1.807, 2.05) is 42.5 Å². The van der Waals surface area contributed by atoms with E-state index < -0.39 is 0 Å². The summed E-state index contributed by atoms with van der Waals surface area (Å²) in [7, 11) is 0. The lowest BCUT2D eigenvalue weighted by Gasteiger charge is -2.16. The van der Waals surface area contributed by atoms with Crippen molar-refractivity contribution in [2.75, 3.05) is 23.5 Å². The molecule has 3 rings (SSSR count). The van der Waals surface area contributed by atoms with Gasteiger partial charge in [-0.25, -0.2) is 0 Å². The molecule has 0 unspecified atom stereocenters. The standard InChI is InChI=1S/C17H16N2O3S/c20-16(10-19-12-23-11-17(19)21)18-14-8-4-5-9-15(14)22-13-6-2-1-3-7-13/h1-9H,10-12H2,(H,18,20). The number of carbonyl (C=O) groups is 2. The van der Waals surface area contributed by atoms with Gasteiger partial charge in [0.1, 0.15) is 12.3 Å². The van der Waals surface area contributed by atoms with Gasteiger partial charge in [-0.3, -0.25) is 9.59 Å². The highest BCUT2D eigenvalue weighted by atomic mass is 32.2.